The van der Waals surface area contributed by atoms with E-state index in [4.69, 9.17) is 9.31 Å². The van der Waals surface area contributed by atoms with E-state index in [1.54, 1.807) is 6.20 Å². The summed E-state index contributed by atoms with van der Waals surface area (Å²) in [5.74, 6) is 0. The third kappa shape index (κ3) is 2.97. The zero-order chi connectivity index (χ0) is 18.7. The number of aliphatic hydroxyl groups is 1. The lowest BCUT2D eigenvalue weighted by atomic mass is 9.78. The maximum absolute atomic E-state index is 12.4. The quantitative estimate of drug-likeness (QED) is 0.799. The summed E-state index contributed by atoms with van der Waals surface area (Å²) in [5.41, 5.74) is -0.223. The molecular formula is C19H28BNO4S. The molecule has 5 nitrogen and oxygen atoms in total. The highest BCUT2D eigenvalue weighted by atomic mass is 32.2. The summed E-state index contributed by atoms with van der Waals surface area (Å²) in [6.07, 6.45) is 5.83. The average molecular weight is 377 g/mol. The number of nitrogens with zero attached hydrogens (tertiary/aromatic N) is 1. The van der Waals surface area contributed by atoms with Crippen LogP contribution in [0, 0.1) is 0 Å². The summed E-state index contributed by atoms with van der Waals surface area (Å²) in [7, 11) is -1.26. The van der Waals surface area contributed by atoms with Crippen molar-refractivity contribution < 1.29 is 18.6 Å². The summed E-state index contributed by atoms with van der Waals surface area (Å²) in [4.78, 5) is 4.56. The largest absolute Gasteiger partial charge is 0.496 e. The number of rotatable bonds is 2. The lowest BCUT2D eigenvalue weighted by Gasteiger charge is -2.43. The Morgan fingerprint density at radius 2 is 1.69 bits per heavy atom. The molecule has 0 saturated carbocycles. The maximum atomic E-state index is 12.4. The van der Waals surface area contributed by atoms with Crippen molar-refractivity contribution in [3.63, 3.8) is 0 Å². The molecule has 7 heteroatoms. The highest BCUT2D eigenvalue weighted by Gasteiger charge is 2.52. The van der Waals surface area contributed by atoms with Crippen LogP contribution in [0.2, 0.25) is 0 Å². The Labute approximate surface area is 158 Å². The van der Waals surface area contributed by atoms with E-state index in [0.717, 1.165) is 24.7 Å². The molecule has 1 N–H and O–H groups in total. The van der Waals surface area contributed by atoms with Gasteiger partial charge in [0.05, 0.1) is 16.9 Å². The van der Waals surface area contributed by atoms with Gasteiger partial charge in [-0.2, -0.15) is 0 Å². The van der Waals surface area contributed by atoms with Gasteiger partial charge in [0.15, 0.2) is 0 Å². The van der Waals surface area contributed by atoms with E-state index >= 15 is 0 Å². The molecule has 3 fully saturated rings. The molecule has 4 heterocycles. The Balaban J connectivity index is 1.54. The zero-order valence-corrected chi connectivity index (χ0v) is 16.8. The molecule has 142 valence electrons. The molecule has 4 rings (SSSR count). The normalized spacial score (nSPS) is 38.3. The van der Waals surface area contributed by atoms with Gasteiger partial charge in [-0.25, -0.2) is 0 Å². The van der Waals surface area contributed by atoms with Crippen molar-refractivity contribution >= 4 is 23.4 Å². The van der Waals surface area contributed by atoms with Gasteiger partial charge < -0.3 is 14.4 Å². The summed E-state index contributed by atoms with van der Waals surface area (Å²) < 4.78 is 24.6. The van der Waals surface area contributed by atoms with Gasteiger partial charge in [-0.3, -0.25) is 9.19 Å². The third-order valence-electron chi connectivity index (χ3n) is 6.63. The number of hydrogen-bond acceptors (Lipinski definition) is 5. The molecule has 2 atom stereocenters. The van der Waals surface area contributed by atoms with Crippen molar-refractivity contribution in [1.29, 1.82) is 0 Å². The lowest BCUT2D eigenvalue weighted by molar-refractivity contribution is 0.00251. The second-order valence-corrected chi connectivity index (χ2v) is 11.0. The van der Waals surface area contributed by atoms with Crippen molar-refractivity contribution in [3.05, 3.63) is 24.0 Å². The Hall–Kier alpha value is -0.755. The van der Waals surface area contributed by atoms with Crippen LogP contribution in [0.4, 0.5) is 0 Å². The van der Waals surface area contributed by atoms with Crippen molar-refractivity contribution in [2.24, 2.45) is 0 Å². The molecule has 1 aromatic heterocycles. The molecule has 3 saturated heterocycles. The SMILES string of the molecule is CC1(C)OB(c2ccc(C3(O)CC4CCCC(C3)S4=O)nc2)OC1(C)C. The average Bonchev–Trinajstić information content (AvgIpc) is 2.77. The molecule has 0 amide bonds. The van der Waals surface area contributed by atoms with Crippen LogP contribution in [0.25, 0.3) is 0 Å². The van der Waals surface area contributed by atoms with E-state index in [-0.39, 0.29) is 21.7 Å². The van der Waals surface area contributed by atoms with Crippen LogP contribution in [-0.4, -0.2) is 43.1 Å². The van der Waals surface area contributed by atoms with E-state index in [1.807, 2.05) is 39.8 Å². The van der Waals surface area contributed by atoms with Crippen LogP contribution in [0.15, 0.2) is 18.3 Å². The first-order valence-corrected chi connectivity index (χ1v) is 10.8. The van der Waals surface area contributed by atoms with Crippen LogP contribution in [-0.2, 0) is 25.7 Å². The smallest absolute Gasteiger partial charge is 0.399 e. The van der Waals surface area contributed by atoms with Gasteiger partial charge >= 0.3 is 7.12 Å². The van der Waals surface area contributed by atoms with Gasteiger partial charge in [0.1, 0.15) is 5.60 Å². The fourth-order valence-electron chi connectivity index (χ4n) is 4.29. The highest BCUT2D eigenvalue weighted by Crippen LogP contribution is 2.43. The summed E-state index contributed by atoms with van der Waals surface area (Å²) >= 11 is 0. The van der Waals surface area contributed by atoms with Gasteiger partial charge in [-0.1, -0.05) is 12.5 Å². The fourth-order valence-corrected chi connectivity index (χ4v) is 6.51. The monoisotopic (exact) mass is 377 g/mol. The van der Waals surface area contributed by atoms with Crippen molar-refractivity contribution in [2.75, 3.05) is 0 Å². The van der Waals surface area contributed by atoms with E-state index < -0.39 is 23.5 Å². The van der Waals surface area contributed by atoms with Crippen molar-refractivity contribution in [1.82, 2.24) is 4.98 Å². The van der Waals surface area contributed by atoms with Gasteiger partial charge in [-0.05, 0) is 59.4 Å². The van der Waals surface area contributed by atoms with Gasteiger partial charge in [0.2, 0.25) is 0 Å². The Kier molecular flexibility index (Phi) is 4.38. The van der Waals surface area contributed by atoms with Crippen LogP contribution in [0.1, 0.15) is 65.5 Å². The summed E-state index contributed by atoms with van der Waals surface area (Å²) in [6, 6.07) is 3.81. The Morgan fingerprint density at radius 1 is 1.12 bits per heavy atom. The predicted octanol–water partition coefficient (Wildman–Crippen LogP) is 2.03. The lowest BCUT2D eigenvalue weighted by Crippen LogP contribution is -2.48. The topological polar surface area (TPSA) is 68.7 Å². The van der Waals surface area contributed by atoms with E-state index in [1.165, 1.54) is 0 Å². The first-order chi connectivity index (χ1) is 12.1. The molecule has 3 aliphatic heterocycles. The van der Waals surface area contributed by atoms with Crippen LogP contribution >= 0.6 is 0 Å². The van der Waals surface area contributed by atoms with Gasteiger partial charge in [-0.15, -0.1) is 0 Å². The summed E-state index contributed by atoms with van der Waals surface area (Å²) in [6.45, 7) is 8.10. The number of fused-ring (bicyclic) bond motifs is 2. The molecule has 0 radical (unpaired) electrons. The molecule has 2 bridgehead atoms. The Morgan fingerprint density at radius 3 is 2.19 bits per heavy atom. The third-order valence-corrected chi connectivity index (χ3v) is 8.75. The second-order valence-electron chi connectivity index (χ2n) is 9.01. The second kappa shape index (κ2) is 6.13. The maximum Gasteiger partial charge on any atom is 0.496 e. The minimum Gasteiger partial charge on any atom is -0.399 e. The number of hydrogen-bond donors (Lipinski definition) is 1. The molecule has 0 aliphatic carbocycles. The zero-order valence-electron chi connectivity index (χ0n) is 16.0. The van der Waals surface area contributed by atoms with Gasteiger partial charge in [0.25, 0.3) is 0 Å². The first-order valence-electron chi connectivity index (χ1n) is 9.55. The van der Waals surface area contributed by atoms with E-state index in [0.29, 0.717) is 18.5 Å². The molecule has 3 aliphatic rings. The van der Waals surface area contributed by atoms with E-state index in [2.05, 4.69) is 4.98 Å². The standard InChI is InChI=1S/C19H28BNO4S/c1-17(2)18(3,4)25-20(24-17)13-8-9-16(21-12-13)19(22)10-14-6-5-7-15(11-19)26(14)23/h8-9,12,14-15,22H,5-7,10-11H2,1-4H3. The molecule has 1 aromatic rings. The highest BCUT2D eigenvalue weighted by molar-refractivity contribution is 7.86. The van der Waals surface area contributed by atoms with E-state index in [9.17, 15) is 9.32 Å². The molecule has 0 aromatic carbocycles. The summed E-state index contributed by atoms with van der Waals surface area (Å²) in [5, 5.41) is 11.4. The van der Waals surface area contributed by atoms with Crippen molar-refractivity contribution in [2.45, 2.75) is 87.1 Å². The molecular weight excluding hydrogens is 349 g/mol. The van der Waals surface area contributed by atoms with Crippen molar-refractivity contribution in [3.8, 4) is 0 Å². The molecule has 26 heavy (non-hydrogen) atoms. The minimum atomic E-state index is -0.974. The number of pyridine rings is 1. The van der Waals surface area contributed by atoms with Crippen LogP contribution in [0.5, 0.6) is 0 Å². The number of aromatic nitrogens is 1. The van der Waals surface area contributed by atoms with Crippen LogP contribution < -0.4 is 5.46 Å². The predicted molar refractivity (Wildman–Crippen MR) is 103 cm³/mol. The first kappa shape index (κ1) is 18.6. The molecule has 0 spiro atoms. The minimum absolute atomic E-state index is 0.0945. The van der Waals surface area contributed by atoms with Gasteiger partial charge in [0, 0.05) is 33.0 Å². The molecule has 2 unspecified atom stereocenters. The fraction of sp³-hybridized carbons (Fsp3) is 0.737. The Bertz CT molecular complexity index is 689. The van der Waals surface area contributed by atoms with Crippen LogP contribution in [0.3, 0.4) is 0 Å².